The number of aryl methyl sites for hydroxylation is 1. The van der Waals surface area contributed by atoms with E-state index in [-0.39, 0.29) is 25.6 Å². The van der Waals surface area contributed by atoms with Gasteiger partial charge in [0.2, 0.25) is 29.5 Å². The summed E-state index contributed by atoms with van der Waals surface area (Å²) in [6, 6.07) is 11.2. The van der Waals surface area contributed by atoms with Crippen molar-refractivity contribution in [3.05, 3.63) is 71.3 Å². The third-order valence-corrected chi connectivity index (χ3v) is 8.89. The van der Waals surface area contributed by atoms with Crippen molar-refractivity contribution in [3.8, 4) is 0 Å². The molecular weight excluding hydrogens is 714 g/mol. The Labute approximate surface area is 333 Å². The number of rotatable bonds is 19. The lowest BCUT2D eigenvalue weighted by atomic mass is 9.85. The second-order valence-corrected chi connectivity index (χ2v) is 17.2. The summed E-state index contributed by atoms with van der Waals surface area (Å²) in [7, 11) is 0. The average molecular weight is 780 g/mol. The highest BCUT2D eigenvalue weighted by molar-refractivity contribution is 5.96. The largest absolute Gasteiger partial charge is 0.459 e. The van der Waals surface area contributed by atoms with E-state index >= 15 is 0 Å². The second-order valence-electron chi connectivity index (χ2n) is 17.2. The molecule has 0 unspecified atom stereocenters. The van der Waals surface area contributed by atoms with Crippen LogP contribution in [0.3, 0.4) is 0 Å². The van der Waals surface area contributed by atoms with Gasteiger partial charge in [-0.3, -0.25) is 24.0 Å². The predicted molar refractivity (Wildman–Crippen MR) is 216 cm³/mol. The molecule has 56 heavy (non-hydrogen) atoms. The van der Waals surface area contributed by atoms with E-state index in [1.54, 1.807) is 34.6 Å². The standard InChI is InChI=1S/C43H65N5O8/c1-26(2)22-33(41(54)55-24-30-19-14-13-15-20-30)46-40(53)36(42(7,8)9)48-37(50)32(23-31-21-17-16-18-28(31)5)45-39(52)35(27(3)4)47-38(51)34(44-29(6)49)25-56-43(10,11)12/h13-21,26-27,32-36H,22-25H2,1-12H3,(H,44,49)(H,45,52)(H,46,53)(H,47,51)(H,48,50)/t32-,33-,34-,35+,36+/m0/s1. The average Bonchev–Trinajstić information content (AvgIpc) is 3.09. The molecule has 0 bridgehead atoms. The predicted octanol–water partition coefficient (Wildman–Crippen LogP) is 4.29. The molecule has 0 aliphatic carbocycles. The molecule has 13 heteroatoms. The van der Waals surface area contributed by atoms with Crippen LogP contribution in [0.2, 0.25) is 0 Å². The Kier molecular flexibility index (Phi) is 18.2. The Hall–Kier alpha value is -4.78. The minimum absolute atomic E-state index is 0.0369. The third-order valence-electron chi connectivity index (χ3n) is 8.89. The summed E-state index contributed by atoms with van der Waals surface area (Å²) in [4.78, 5) is 81.1. The molecule has 0 aliphatic rings. The summed E-state index contributed by atoms with van der Waals surface area (Å²) in [5.74, 6) is -3.89. The molecular formula is C43H65N5O8. The number of esters is 1. The van der Waals surface area contributed by atoms with Crippen molar-refractivity contribution in [1.29, 1.82) is 0 Å². The number of carbonyl (C=O) groups is 6. The van der Waals surface area contributed by atoms with Crippen molar-refractivity contribution in [1.82, 2.24) is 26.6 Å². The van der Waals surface area contributed by atoms with Crippen LogP contribution >= 0.6 is 0 Å². The van der Waals surface area contributed by atoms with Crippen LogP contribution in [0.1, 0.15) is 99.3 Å². The van der Waals surface area contributed by atoms with Crippen molar-refractivity contribution < 1.29 is 38.2 Å². The van der Waals surface area contributed by atoms with E-state index in [9.17, 15) is 28.8 Å². The van der Waals surface area contributed by atoms with Gasteiger partial charge in [0.15, 0.2) is 0 Å². The molecule has 0 saturated carbocycles. The van der Waals surface area contributed by atoms with Crippen molar-refractivity contribution >= 4 is 35.5 Å². The molecule has 0 saturated heterocycles. The maximum atomic E-state index is 14.3. The Balaban J connectivity index is 2.38. The second kappa shape index (κ2) is 21.5. The number of nitrogens with one attached hydrogen (secondary N) is 5. The molecule has 2 aromatic rings. The zero-order valence-corrected chi connectivity index (χ0v) is 35.3. The number of ether oxygens (including phenoxy) is 2. The normalized spacial score (nSPS) is 14.5. The zero-order valence-electron chi connectivity index (χ0n) is 35.3. The summed E-state index contributed by atoms with van der Waals surface area (Å²) in [6.45, 7) is 21.3. The Morgan fingerprint density at radius 1 is 0.661 bits per heavy atom. The van der Waals surface area contributed by atoms with Gasteiger partial charge in [-0.1, -0.05) is 103 Å². The highest BCUT2D eigenvalue weighted by Crippen LogP contribution is 2.21. The van der Waals surface area contributed by atoms with Gasteiger partial charge >= 0.3 is 5.97 Å². The minimum Gasteiger partial charge on any atom is -0.459 e. The monoisotopic (exact) mass is 779 g/mol. The number of amides is 5. The molecule has 0 spiro atoms. The van der Waals surface area contributed by atoms with Crippen molar-refractivity contribution in [3.63, 3.8) is 0 Å². The summed E-state index contributed by atoms with van der Waals surface area (Å²) in [6.07, 6.45) is 0.390. The van der Waals surface area contributed by atoms with Crippen LogP contribution in [-0.2, 0) is 51.3 Å². The maximum absolute atomic E-state index is 14.3. The van der Waals surface area contributed by atoms with Gasteiger partial charge in [0.05, 0.1) is 12.2 Å². The highest BCUT2D eigenvalue weighted by atomic mass is 16.5. The smallest absolute Gasteiger partial charge is 0.328 e. The Morgan fingerprint density at radius 2 is 1.23 bits per heavy atom. The van der Waals surface area contributed by atoms with Crippen LogP contribution in [0.4, 0.5) is 0 Å². The van der Waals surface area contributed by atoms with E-state index < -0.39 is 82.6 Å². The fourth-order valence-electron chi connectivity index (χ4n) is 5.77. The minimum atomic E-state index is -1.17. The van der Waals surface area contributed by atoms with Crippen LogP contribution in [0.15, 0.2) is 54.6 Å². The first-order valence-electron chi connectivity index (χ1n) is 19.4. The zero-order chi connectivity index (χ0) is 42.4. The first kappa shape index (κ1) is 47.4. The maximum Gasteiger partial charge on any atom is 0.328 e. The lowest BCUT2D eigenvalue weighted by Gasteiger charge is -2.33. The number of hydrogen-bond donors (Lipinski definition) is 5. The molecule has 0 heterocycles. The first-order chi connectivity index (χ1) is 26.0. The van der Waals surface area contributed by atoms with E-state index in [0.717, 1.165) is 16.7 Å². The van der Waals surface area contributed by atoms with Crippen LogP contribution in [0, 0.1) is 24.2 Å². The molecule has 0 aromatic heterocycles. The van der Waals surface area contributed by atoms with E-state index in [1.165, 1.54) is 6.92 Å². The SMILES string of the molecule is CC(=O)N[C@@H](COC(C)(C)C)C(=O)N[C@@H](C(=O)N[C@@H](Cc1ccccc1C)C(=O)N[C@H](C(=O)N[C@@H](CC(C)C)C(=O)OCc1ccccc1)C(C)(C)C)C(C)C. The summed E-state index contributed by atoms with van der Waals surface area (Å²) in [5, 5.41) is 13.9. The fourth-order valence-corrected chi connectivity index (χ4v) is 5.77. The van der Waals surface area contributed by atoms with Crippen molar-refractivity contribution in [2.24, 2.45) is 17.3 Å². The Morgan fingerprint density at radius 3 is 1.77 bits per heavy atom. The van der Waals surface area contributed by atoms with E-state index in [1.807, 2.05) is 96.1 Å². The van der Waals surface area contributed by atoms with Crippen LogP contribution in [-0.4, -0.2) is 77.9 Å². The topological polar surface area (TPSA) is 181 Å². The van der Waals surface area contributed by atoms with Gasteiger partial charge in [0, 0.05) is 13.3 Å². The summed E-state index contributed by atoms with van der Waals surface area (Å²) >= 11 is 0. The number of carbonyl (C=O) groups excluding carboxylic acids is 6. The first-order valence-corrected chi connectivity index (χ1v) is 19.4. The van der Waals surface area contributed by atoms with Gasteiger partial charge in [-0.15, -0.1) is 0 Å². The molecule has 5 atom stereocenters. The molecule has 5 N–H and O–H groups in total. The highest BCUT2D eigenvalue weighted by Gasteiger charge is 2.38. The third kappa shape index (κ3) is 16.5. The molecule has 2 rings (SSSR count). The van der Waals surface area contributed by atoms with E-state index in [0.29, 0.717) is 6.42 Å². The molecule has 2 aromatic carbocycles. The molecule has 13 nitrogen and oxygen atoms in total. The van der Waals surface area contributed by atoms with Gasteiger partial charge in [0.25, 0.3) is 0 Å². The molecule has 0 fully saturated rings. The lowest BCUT2D eigenvalue weighted by Crippen LogP contribution is -2.62. The number of hydrogen-bond acceptors (Lipinski definition) is 8. The van der Waals surface area contributed by atoms with Crippen molar-refractivity contribution in [2.45, 2.75) is 138 Å². The number of benzene rings is 2. The van der Waals surface area contributed by atoms with E-state index in [2.05, 4.69) is 26.6 Å². The van der Waals surface area contributed by atoms with Crippen molar-refractivity contribution in [2.75, 3.05) is 6.61 Å². The molecule has 0 radical (unpaired) electrons. The van der Waals surface area contributed by atoms with E-state index in [4.69, 9.17) is 9.47 Å². The van der Waals surface area contributed by atoms with Gasteiger partial charge in [-0.2, -0.15) is 0 Å². The Bertz CT molecular complexity index is 1630. The fraction of sp³-hybridized carbons (Fsp3) is 0.581. The lowest BCUT2D eigenvalue weighted by molar-refractivity contribution is -0.150. The quantitative estimate of drug-likeness (QED) is 0.131. The van der Waals surface area contributed by atoms with Crippen LogP contribution in [0.25, 0.3) is 0 Å². The van der Waals surface area contributed by atoms with Gasteiger partial charge < -0.3 is 36.1 Å². The van der Waals surface area contributed by atoms with Crippen LogP contribution in [0.5, 0.6) is 0 Å². The van der Waals surface area contributed by atoms with Gasteiger partial charge in [-0.05, 0) is 68.1 Å². The molecule has 0 aliphatic heterocycles. The molecule has 5 amide bonds. The van der Waals surface area contributed by atoms with Gasteiger partial charge in [0.1, 0.15) is 36.8 Å². The summed E-state index contributed by atoms with van der Waals surface area (Å²) in [5.41, 5.74) is 1.07. The van der Waals surface area contributed by atoms with Gasteiger partial charge in [-0.25, -0.2) is 4.79 Å². The molecule has 310 valence electrons. The van der Waals surface area contributed by atoms with Crippen LogP contribution < -0.4 is 26.6 Å². The summed E-state index contributed by atoms with van der Waals surface area (Å²) < 4.78 is 11.4.